The molecule has 0 saturated carbocycles. The van der Waals surface area contributed by atoms with Crippen LogP contribution < -0.4 is 16.0 Å². The Morgan fingerprint density at radius 3 is 1.18 bits per heavy atom. The highest BCUT2D eigenvalue weighted by molar-refractivity contribution is 7.30. The van der Waals surface area contributed by atoms with Crippen LogP contribution >= 0.6 is 79.4 Å². The number of nitrogens with one attached hydrogen (secondary N) is 3. The summed E-state index contributed by atoms with van der Waals surface area (Å²) in [5.41, 5.74) is 1.95. The van der Waals surface area contributed by atoms with Crippen LogP contribution in [0, 0.1) is 0 Å². The number of carbonyl (C=O) groups excluding carboxylic acids is 6. The average Bonchev–Trinajstić information content (AvgIpc) is 3.93. The maximum atomic E-state index is 13.1. The van der Waals surface area contributed by atoms with Crippen molar-refractivity contribution in [3.63, 3.8) is 0 Å². The lowest BCUT2D eigenvalue weighted by Crippen LogP contribution is -2.20. The monoisotopic (exact) mass is 783 g/mol. The van der Waals surface area contributed by atoms with Crippen LogP contribution in [0.3, 0.4) is 0 Å². The first-order valence-electron chi connectivity index (χ1n) is 14.6. The second kappa shape index (κ2) is 10.9. The number of rotatable bonds is 6. The summed E-state index contributed by atoms with van der Waals surface area (Å²) in [5.74, 6) is -2.27. The van der Waals surface area contributed by atoms with Gasteiger partial charge in [0.1, 0.15) is 14.6 Å². The second-order valence-electron chi connectivity index (χ2n) is 11.2. The lowest BCUT2D eigenvalue weighted by Gasteiger charge is -2.03. The molecule has 0 spiro atoms. The Hall–Kier alpha value is -4.68. The van der Waals surface area contributed by atoms with Crippen molar-refractivity contribution >= 4 is 115 Å². The van der Waals surface area contributed by atoms with Gasteiger partial charge in [0.2, 0.25) is 0 Å². The molecular weight excluding hydrogens is 771 g/mol. The Morgan fingerprint density at radius 1 is 0.300 bits per heavy atom. The third-order valence-electron chi connectivity index (χ3n) is 8.25. The fraction of sp³-hybridized carbons (Fsp3) is 0. The molecule has 0 bridgehead atoms. The Balaban J connectivity index is 0.986. The van der Waals surface area contributed by atoms with E-state index >= 15 is 0 Å². The van der Waals surface area contributed by atoms with Gasteiger partial charge in [-0.1, -0.05) is 0 Å². The first-order valence-corrected chi connectivity index (χ1v) is 20.3. The first-order chi connectivity index (χ1) is 24.2. The smallest absolute Gasteiger partial charge is 0.269 e. The fourth-order valence-electron chi connectivity index (χ4n) is 6.00. The van der Waals surface area contributed by atoms with Crippen LogP contribution in [0.2, 0.25) is 0 Å². The van der Waals surface area contributed by atoms with Gasteiger partial charge < -0.3 is 0 Å². The molecule has 0 radical (unpaired) electrons. The van der Waals surface area contributed by atoms with Gasteiger partial charge in [-0.25, -0.2) is 0 Å². The number of hydrogen-bond donors (Lipinski definition) is 3. The van der Waals surface area contributed by atoms with Gasteiger partial charge in [0, 0.05) is 54.3 Å². The quantitative estimate of drug-likeness (QED) is 0.144. The molecular formula is C34H13N3O6S7. The highest BCUT2D eigenvalue weighted by Gasteiger charge is 2.37. The van der Waals surface area contributed by atoms with Crippen LogP contribution in [0.1, 0.15) is 60.1 Å². The van der Waals surface area contributed by atoms with E-state index in [2.05, 4.69) is 16.0 Å². The first kappa shape index (κ1) is 30.2. The predicted molar refractivity (Wildman–Crippen MR) is 200 cm³/mol. The normalized spacial score (nSPS) is 14.7. The van der Waals surface area contributed by atoms with Crippen LogP contribution in [-0.2, 0) is 0 Å². The lowest BCUT2D eigenvalue weighted by atomic mass is 10.1. The SMILES string of the molecule is O=C1NC(=O)c2sc(-c3ccc(-c4ccc(-c5sc6c(c5-c5ccc(-c7ccc(-c8cc9c(s8)C(=O)NC9=O)s7)s5)C(=O)NC6=O)s4)s3)cc21. The third kappa shape index (κ3) is 4.50. The molecule has 0 unspecified atom stereocenters. The molecule has 7 aromatic rings. The fourth-order valence-corrected chi connectivity index (χ4v) is 13.9. The molecule has 0 aliphatic carbocycles. The van der Waals surface area contributed by atoms with Crippen LogP contribution in [0.4, 0.5) is 0 Å². The van der Waals surface area contributed by atoms with Crippen molar-refractivity contribution in [3.8, 4) is 59.2 Å². The molecule has 3 aliphatic heterocycles. The highest BCUT2D eigenvalue weighted by atomic mass is 32.1. The Morgan fingerprint density at radius 2 is 0.680 bits per heavy atom. The van der Waals surface area contributed by atoms with Crippen LogP contribution in [-0.4, -0.2) is 35.4 Å². The standard InChI is InChI=1S/C34H13N3O6S7/c38-29-11-9-21(48-25(11)32(41)35-29)17-3-1-13(44-17)15-5-7-19(46-15)23-24-28(34(43)37-31(24)40)50-27(23)20-8-6-16(47-20)14-2-4-18(45-14)22-10-12-26(49-22)33(42)36-30(12)39/h1-10H,(H,35,38,41)(H,36,39,42)(H,37,40,43). The average molecular weight is 784 g/mol. The van der Waals surface area contributed by atoms with Crippen molar-refractivity contribution in [1.29, 1.82) is 0 Å². The minimum Gasteiger partial charge on any atom is -0.287 e. The van der Waals surface area contributed by atoms with Crippen LogP contribution in [0.5, 0.6) is 0 Å². The molecule has 0 fully saturated rings. The van der Waals surface area contributed by atoms with E-state index in [0.29, 0.717) is 31.3 Å². The second-order valence-corrected chi connectivity index (χ2v) is 18.7. The lowest BCUT2D eigenvalue weighted by molar-refractivity contribution is 0.0864. The number of fused-ring (bicyclic) bond motifs is 3. The topological polar surface area (TPSA) is 139 Å². The van der Waals surface area contributed by atoms with Gasteiger partial charge in [0.25, 0.3) is 35.4 Å². The minimum absolute atomic E-state index is 0.360. The maximum Gasteiger partial charge on any atom is 0.269 e. The summed E-state index contributed by atoms with van der Waals surface area (Å²) in [6, 6.07) is 19.5. The van der Waals surface area contributed by atoms with Crippen molar-refractivity contribution in [2.75, 3.05) is 0 Å². The van der Waals surface area contributed by atoms with Gasteiger partial charge in [0.05, 0.1) is 21.6 Å². The van der Waals surface area contributed by atoms with Crippen molar-refractivity contribution in [1.82, 2.24) is 16.0 Å². The van der Waals surface area contributed by atoms with E-state index in [1.807, 2.05) is 48.5 Å². The van der Waals surface area contributed by atoms with Crippen LogP contribution in [0.25, 0.3) is 59.2 Å². The maximum absolute atomic E-state index is 13.1. The van der Waals surface area contributed by atoms with E-state index in [4.69, 9.17) is 0 Å². The van der Waals surface area contributed by atoms with E-state index in [-0.39, 0.29) is 23.6 Å². The Kier molecular flexibility index (Phi) is 6.58. The summed E-state index contributed by atoms with van der Waals surface area (Å²) < 4.78 is 0. The van der Waals surface area contributed by atoms with Gasteiger partial charge in [-0.2, -0.15) is 0 Å². The molecule has 3 aliphatic rings. The van der Waals surface area contributed by atoms with E-state index in [1.165, 1.54) is 45.3 Å². The molecule has 0 saturated heterocycles. The van der Waals surface area contributed by atoms with Gasteiger partial charge in [-0.3, -0.25) is 44.7 Å². The van der Waals surface area contributed by atoms with E-state index in [1.54, 1.807) is 46.1 Å². The molecule has 10 rings (SSSR count). The van der Waals surface area contributed by atoms with Crippen molar-refractivity contribution in [3.05, 3.63) is 92.0 Å². The summed E-state index contributed by atoms with van der Waals surface area (Å²) in [6.07, 6.45) is 0. The van der Waals surface area contributed by atoms with E-state index in [9.17, 15) is 28.8 Å². The zero-order valence-corrected chi connectivity index (χ0v) is 30.3. The summed E-state index contributed by atoms with van der Waals surface area (Å²) in [4.78, 5) is 85.9. The van der Waals surface area contributed by atoms with E-state index in [0.717, 1.165) is 59.2 Å². The molecule has 3 N–H and O–H groups in total. The minimum atomic E-state index is -0.408. The summed E-state index contributed by atoms with van der Waals surface area (Å²) >= 11 is 10.2. The summed E-state index contributed by atoms with van der Waals surface area (Å²) in [5, 5.41) is 7.10. The molecule has 242 valence electrons. The molecule has 16 heteroatoms. The predicted octanol–water partition coefficient (Wildman–Crippen LogP) is 8.77. The molecule has 50 heavy (non-hydrogen) atoms. The van der Waals surface area contributed by atoms with Gasteiger partial charge >= 0.3 is 0 Å². The number of imide groups is 3. The summed E-state index contributed by atoms with van der Waals surface area (Å²) in [7, 11) is 0. The van der Waals surface area contributed by atoms with E-state index < -0.39 is 11.8 Å². The number of thiophene rings is 7. The number of carbonyl (C=O) groups is 6. The molecule has 10 heterocycles. The van der Waals surface area contributed by atoms with Crippen LogP contribution in [0.15, 0.2) is 60.7 Å². The van der Waals surface area contributed by atoms with Gasteiger partial charge in [-0.05, 0) is 60.7 Å². The Bertz CT molecular complexity index is 2660. The zero-order chi connectivity index (χ0) is 34.0. The molecule has 7 aromatic heterocycles. The van der Waals surface area contributed by atoms with Gasteiger partial charge in [-0.15, -0.1) is 79.4 Å². The number of amides is 6. The summed E-state index contributed by atoms with van der Waals surface area (Å²) in [6.45, 7) is 0. The Labute approximate surface area is 308 Å². The molecule has 6 amide bonds. The molecule has 0 atom stereocenters. The van der Waals surface area contributed by atoms with Gasteiger partial charge in [0.15, 0.2) is 0 Å². The van der Waals surface area contributed by atoms with Crippen molar-refractivity contribution in [2.45, 2.75) is 0 Å². The zero-order valence-electron chi connectivity index (χ0n) is 24.6. The molecule has 9 nitrogen and oxygen atoms in total. The van der Waals surface area contributed by atoms with Crippen molar-refractivity contribution in [2.24, 2.45) is 0 Å². The number of hydrogen-bond acceptors (Lipinski definition) is 13. The molecule has 0 aromatic carbocycles. The third-order valence-corrected chi connectivity index (χ3v) is 17.0. The highest BCUT2D eigenvalue weighted by Crippen LogP contribution is 2.52. The van der Waals surface area contributed by atoms with Crippen molar-refractivity contribution < 1.29 is 28.8 Å². The largest absolute Gasteiger partial charge is 0.287 e.